The van der Waals surface area contributed by atoms with Gasteiger partial charge in [0.05, 0.1) is 12.2 Å². The fraction of sp³-hybridized carbons (Fsp3) is 0.867. The molecule has 2 heterocycles. The summed E-state index contributed by atoms with van der Waals surface area (Å²) in [5.74, 6) is 0. The molecule has 3 aliphatic rings. The normalized spacial score (nSPS) is 33.9. The summed E-state index contributed by atoms with van der Waals surface area (Å²) in [7, 11) is 0. The van der Waals surface area contributed by atoms with Gasteiger partial charge in [0, 0.05) is 6.54 Å². The minimum atomic E-state index is 0.246. The largest absolute Gasteiger partial charge is 0.374 e. The Hall–Kier alpha value is -0.340. The molecule has 1 saturated carbocycles. The van der Waals surface area contributed by atoms with Crippen molar-refractivity contribution in [2.45, 2.75) is 63.4 Å². The van der Waals surface area contributed by atoms with E-state index in [9.17, 15) is 0 Å². The van der Waals surface area contributed by atoms with Crippen LogP contribution >= 0.6 is 0 Å². The molecule has 3 fully saturated rings. The molecule has 0 atom stereocenters. The maximum atomic E-state index is 6.17. The van der Waals surface area contributed by atoms with Gasteiger partial charge >= 0.3 is 0 Å². The second kappa shape index (κ2) is 5.11. The van der Waals surface area contributed by atoms with Crippen LogP contribution in [0.1, 0.15) is 57.8 Å². The van der Waals surface area contributed by atoms with Crippen molar-refractivity contribution < 1.29 is 4.74 Å². The van der Waals surface area contributed by atoms with Gasteiger partial charge in [-0.05, 0) is 45.1 Å². The van der Waals surface area contributed by atoms with Crippen molar-refractivity contribution in [2.24, 2.45) is 0 Å². The second-order valence-electron chi connectivity index (χ2n) is 6.01. The van der Waals surface area contributed by atoms with Crippen LogP contribution in [-0.4, -0.2) is 25.3 Å². The van der Waals surface area contributed by atoms with E-state index in [0.717, 1.165) is 13.2 Å². The van der Waals surface area contributed by atoms with Crippen LogP contribution in [0, 0.1) is 0 Å². The van der Waals surface area contributed by atoms with Crippen LogP contribution in [0.15, 0.2) is 11.1 Å². The van der Waals surface area contributed by atoms with E-state index in [0.29, 0.717) is 0 Å². The van der Waals surface area contributed by atoms with Crippen molar-refractivity contribution in [3.8, 4) is 0 Å². The highest BCUT2D eigenvalue weighted by atomic mass is 16.5. The maximum Gasteiger partial charge on any atom is 0.0719 e. The Kier molecular flexibility index (Phi) is 3.53. The molecule has 0 aromatic carbocycles. The Morgan fingerprint density at radius 2 is 1.82 bits per heavy atom. The number of rotatable bonds is 0. The van der Waals surface area contributed by atoms with E-state index in [4.69, 9.17) is 4.74 Å². The van der Waals surface area contributed by atoms with Gasteiger partial charge in [0.15, 0.2) is 0 Å². The van der Waals surface area contributed by atoms with Gasteiger partial charge in [0.25, 0.3) is 0 Å². The van der Waals surface area contributed by atoms with E-state index >= 15 is 0 Å². The predicted molar refractivity (Wildman–Crippen MR) is 70.1 cm³/mol. The zero-order valence-corrected chi connectivity index (χ0v) is 10.9. The Balaban J connectivity index is 1.73. The van der Waals surface area contributed by atoms with Crippen LogP contribution in [0.2, 0.25) is 0 Å². The van der Waals surface area contributed by atoms with Crippen LogP contribution in [0.25, 0.3) is 0 Å². The summed E-state index contributed by atoms with van der Waals surface area (Å²) in [5.41, 5.74) is 3.70. The van der Waals surface area contributed by atoms with Crippen LogP contribution in [0.4, 0.5) is 0 Å². The topological polar surface area (TPSA) is 21.3 Å². The zero-order chi connectivity index (χ0) is 11.6. The van der Waals surface area contributed by atoms with Gasteiger partial charge in [-0.25, -0.2) is 0 Å². The average Bonchev–Trinajstić information content (AvgIpc) is 2.41. The van der Waals surface area contributed by atoms with Gasteiger partial charge in [-0.1, -0.05) is 30.4 Å². The molecule has 0 aromatic heterocycles. The first-order valence-electron chi connectivity index (χ1n) is 7.42. The molecule has 17 heavy (non-hydrogen) atoms. The van der Waals surface area contributed by atoms with Crippen molar-refractivity contribution >= 4 is 0 Å². The Morgan fingerprint density at radius 1 is 0.941 bits per heavy atom. The van der Waals surface area contributed by atoms with E-state index in [1.165, 1.54) is 64.3 Å². The van der Waals surface area contributed by atoms with Gasteiger partial charge < -0.3 is 10.1 Å². The lowest BCUT2D eigenvalue weighted by Gasteiger charge is -2.42. The molecule has 2 saturated heterocycles. The first kappa shape index (κ1) is 11.7. The smallest absolute Gasteiger partial charge is 0.0719 e. The summed E-state index contributed by atoms with van der Waals surface area (Å²) in [4.78, 5) is 0. The molecule has 0 radical (unpaired) electrons. The highest BCUT2D eigenvalue weighted by Crippen LogP contribution is 2.41. The molecule has 0 unspecified atom stereocenters. The third kappa shape index (κ3) is 2.58. The first-order chi connectivity index (χ1) is 8.38. The third-order valence-electron chi connectivity index (χ3n) is 4.78. The monoisotopic (exact) mass is 235 g/mol. The second-order valence-corrected chi connectivity index (χ2v) is 6.01. The molecule has 1 N–H and O–H groups in total. The molecule has 0 amide bonds. The Labute approximate surface area is 105 Å². The lowest BCUT2D eigenvalue weighted by Crippen LogP contribution is -2.40. The standard InChI is InChI=1S/C15H25NO/c1-2-7-15(8-3-1)11-13(6-10-17-15)14-5-4-9-16-12-14/h16H,1-12H2. The molecule has 3 rings (SSSR count). The molecule has 0 aromatic rings. The third-order valence-corrected chi connectivity index (χ3v) is 4.78. The Bertz CT molecular complexity index is 289. The van der Waals surface area contributed by atoms with Crippen LogP contribution < -0.4 is 5.32 Å². The van der Waals surface area contributed by atoms with Crippen LogP contribution in [0.5, 0.6) is 0 Å². The number of piperidine rings is 1. The van der Waals surface area contributed by atoms with E-state index in [-0.39, 0.29) is 5.60 Å². The highest BCUT2D eigenvalue weighted by molar-refractivity contribution is 5.21. The van der Waals surface area contributed by atoms with E-state index in [1.807, 2.05) is 0 Å². The number of hydrogen-bond acceptors (Lipinski definition) is 2. The van der Waals surface area contributed by atoms with Gasteiger partial charge in [-0.3, -0.25) is 0 Å². The molecule has 1 spiro atoms. The summed E-state index contributed by atoms with van der Waals surface area (Å²) >= 11 is 0. The fourth-order valence-corrected chi connectivity index (χ4v) is 3.79. The van der Waals surface area contributed by atoms with Gasteiger partial charge in [-0.15, -0.1) is 0 Å². The molecule has 0 bridgehead atoms. The number of nitrogens with one attached hydrogen (secondary N) is 1. The van der Waals surface area contributed by atoms with Gasteiger partial charge in [-0.2, -0.15) is 0 Å². The van der Waals surface area contributed by atoms with Crippen molar-refractivity contribution in [1.82, 2.24) is 5.32 Å². The molecule has 2 nitrogen and oxygen atoms in total. The fourth-order valence-electron chi connectivity index (χ4n) is 3.79. The summed E-state index contributed by atoms with van der Waals surface area (Å²) in [5, 5.41) is 3.52. The lowest BCUT2D eigenvalue weighted by atomic mass is 9.76. The Morgan fingerprint density at radius 3 is 2.59 bits per heavy atom. The van der Waals surface area contributed by atoms with Crippen LogP contribution in [-0.2, 0) is 4.74 Å². The zero-order valence-electron chi connectivity index (χ0n) is 10.9. The van der Waals surface area contributed by atoms with Crippen molar-refractivity contribution in [3.63, 3.8) is 0 Å². The minimum Gasteiger partial charge on any atom is -0.374 e. The van der Waals surface area contributed by atoms with Crippen LogP contribution in [0.3, 0.4) is 0 Å². The molecule has 2 heteroatoms. The molecule has 1 aliphatic carbocycles. The molecular weight excluding hydrogens is 210 g/mol. The van der Waals surface area contributed by atoms with Crippen molar-refractivity contribution in [1.29, 1.82) is 0 Å². The summed E-state index contributed by atoms with van der Waals surface area (Å²) in [6.45, 7) is 3.32. The summed E-state index contributed by atoms with van der Waals surface area (Å²) in [6, 6.07) is 0. The highest BCUT2D eigenvalue weighted by Gasteiger charge is 2.37. The van der Waals surface area contributed by atoms with Crippen molar-refractivity contribution in [3.05, 3.63) is 11.1 Å². The first-order valence-corrected chi connectivity index (χ1v) is 7.42. The van der Waals surface area contributed by atoms with E-state index in [1.54, 1.807) is 11.1 Å². The quantitative estimate of drug-likeness (QED) is 0.651. The summed E-state index contributed by atoms with van der Waals surface area (Å²) < 4.78 is 6.17. The lowest BCUT2D eigenvalue weighted by molar-refractivity contribution is -0.0843. The van der Waals surface area contributed by atoms with E-state index < -0.39 is 0 Å². The number of hydrogen-bond donors (Lipinski definition) is 1. The van der Waals surface area contributed by atoms with Gasteiger partial charge in [0.2, 0.25) is 0 Å². The molecule has 2 aliphatic heterocycles. The SMILES string of the molecule is C1CCC2(CC1)CC(=C1CCCNC1)CCO2. The number of ether oxygens (including phenoxy) is 1. The molecular formula is C15H25NO. The average molecular weight is 235 g/mol. The summed E-state index contributed by atoms with van der Waals surface area (Å²) in [6.07, 6.45) is 11.9. The van der Waals surface area contributed by atoms with Crippen molar-refractivity contribution in [2.75, 3.05) is 19.7 Å². The minimum absolute atomic E-state index is 0.246. The molecule has 96 valence electrons. The van der Waals surface area contributed by atoms with Gasteiger partial charge in [0.1, 0.15) is 0 Å². The maximum absolute atomic E-state index is 6.17. The predicted octanol–water partition coefficient (Wildman–Crippen LogP) is 3.18. The van der Waals surface area contributed by atoms with E-state index in [2.05, 4.69) is 5.32 Å².